The Balaban J connectivity index is 1.62. The molecule has 0 amide bonds. The fourth-order valence-electron chi connectivity index (χ4n) is 3.53. The van der Waals surface area contributed by atoms with E-state index in [0.29, 0.717) is 12.0 Å². The summed E-state index contributed by atoms with van der Waals surface area (Å²) < 4.78 is 0. The smallest absolute Gasteiger partial charge is 0.0402 e. The maximum atomic E-state index is 2.61. The van der Waals surface area contributed by atoms with Crippen LogP contribution in [-0.2, 0) is 6.42 Å². The number of thioether (sulfide) groups is 1. The van der Waals surface area contributed by atoms with Gasteiger partial charge in [-0.3, -0.25) is 0 Å². The first-order valence-electron chi connectivity index (χ1n) is 7.39. The number of fused-ring (bicyclic) bond motifs is 2. The van der Waals surface area contributed by atoms with E-state index in [4.69, 9.17) is 0 Å². The summed E-state index contributed by atoms with van der Waals surface area (Å²) in [5, 5.41) is 0. The van der Waals surface area contributed by atoms with Crippen LogP contribution >= 0.6 is 11.8 Å². The number of hydrogen-bond acceptors (Lipinski definition) is 2. The van der Waals surface area contributed by atoms with Crippen molar-refractivity contribution in [3.63, 3.8) is 0 Å². The van der Waals surface area contributed by atoms with Crippen molar-refractivity contribution in [2.24, 2.45) is 0 Å². The van der Waals surface area contributed by atoms with E-state index < -0.39 is 0 Å². The molecular weight excluding hydrogens is 262 g/mol. The average Bonchev–Trinajstić information content (AvgIpc) is 3.02. The molecule has 4 rings (SSSR count). The highest BCUT2D eigenvalue weighted by atomic mass is 32.2. The van der Waals surface area contributed by atoms with Crippen LogP contribution in [-0.4, -0.2) is 18.3 Å². The molecule has 2 aromatic rings. The lowest BCUT2D eigenvalue weighted by Crippen LogP contribution is -2.33. The number of para-hydroxylation sites is 1. The lowest BCUT2D eigenvalue weighted by molar-refractivity contribution is 0.627. The molecule has 0 bridgehead atoms. The van der Waals surface area contributed by atoms with Gasteiger partial charge in [-0.15, -0.1) is 11.8 Å². The zero-order valence-electron chi connectivity index (χ0n) is 11.8. The summed E-state index contributed by atoms with van der Waals surface area (Å²) in [7, 11) is 0. The van der Waals surface area contributed by atoms with Crippen molar-refractivity contribution in [3.05, 3.63) is 59.7 Å². The molecule has 0 saturated heterocycles. The normalized spacial score (nSPS) is 23.8. The summed E-state index contributed by atoms with van der Waals surface area (Å²) in [4.78, 5) is 4.10. The van der Waals surface area contributed by atoms with Crippen molar-refractivity contribution < 1.29 is 0 Å². The molecule has 2 aliphatic rings. The Hall–Kier alpha value is -1.41. The Labute approximate surface area is 125 Å². The van der Waals surface area contributed by atoms with Gasteiger partial charge in [0.15, 0.2) is 0 Å². The molecule has 1 nitrogen and oxygen atoms in total. The minimum absolute atomic E-state index is 0.630. The summed E-state index contributed by atoms with van der Waals surface area (Å²) in [6, 6.07) is 18.4. The Bertz CT molecular complexity index is 637. The topological polar surface area (TPSA) is 3.24 Å². The highest BCUT2D eigenvalue weighted by molar-refractivity contribution is 7.99. The number of nitrogens with zero attached hydrogens (tertiary/aromatic N) is 1. The summed E-state index contributed by atoms with van der Waals surface area (Å²) in [6.07, 6.45) is 1.19. The van der Waals surface area contributed by atoms with Gasteiger partial charge in [0.1, 0.15) is 0 Å². The second-order valence-electron chi connectivity index (χ2n) is 5.88. The van der Waals surface area contributed by atoms with Gasteiger partial charge in [0.05, 0.1) is 0 Å². The molecule has 0 spiro atoms. The van der Waals surface area contributed by atoms with Crippen LogP contribution in [0.5, 0.6) is 0 Å². The van der Waals surface area contributed by atoms with Crippen LogP contribution in [0.1, 0.15) is 24.0 Å². The number of hydrogen-bond donors (Lipinski definition) is 0. The molecule has 0 fully saturated rings. The van der Waals surface area contributed by atoms with Gasteiger partial charge in [0.25, 0.3) is 0 Å². The fourth-order valence-corrected chi connectivity index (χ4v) is 4.77. The molecule has 0 aromatic heterocycles. The van der Waals surface area contributed by atoms with E-state index in [9.17, 15) is 0 Å². The van der Waals surface area contributed by atoms with Crippen LogP contribution in [0.4, 0.5) is 5.69 Å². The number of benzene rings is 2. The number of anilines is 1. The molecule has 0 aliphatic carbocycles. The van der Waals surface area contributed by atoms with Crippen molar-refractivity contribution in [2.75, 3.05) is 17.2 Å². The standard InChI is InChI=1S/C18H19NS/c1-13-10-14-6-2-4-8-17(14)19(13)11-15-12-20-18-9-5-3-7-16(15)18/h2-9,13,15H,10-12H2,1H3. The third-order valence-corrected chi connectivity index (χ3v) is 5.82. The molecule has 2 atom stereocenters. The Kier molecular flexibility index (Phi) is 2.99. The zero-order chi connectivity index (χ0) is 13.5. The van der Waals surface area contributed by atoms with Gasteiger partial charge < -0.3 is 4.90 Å². The monoisotopic (exact) mass is 281 g/mol. The second-order valence-corrected chi connectivity index (χ2v) is 6.94. The molecule has 0 N–H and O–H groups in total. The molecule has 2 aromatic carbocycles. The van der Waals surface area contributed by atoms with Crippen LogP contribution < -0.4 is 4.90 Å². The molecule has 0 radical (unpaired) electrons. The Morgan fingerprint density at radius 3 is 2.85 bits per heavy atom. The quantitative estimate of drug-likeness (QED) is 0.806. The van der Waals surface area contributed by atoms with Crippen molar-refractivity contribution in [1.82, 2.24) is 0 Å². The van der Waals surface area contributed by atoms with E-state index in [1.54, 1.807) is 5.56 Å². The van der Waals surface area contributed by atoms with E-state index in [0.717, 1.165) is 6.54 Å². The maximum absolute atomic E-state index is 2.61. The summed E-state index contributed by atoms with van der Waals surface area (Å²) >= 11 is 2.02. The first-order valence-corrected chi connectivity index (χ1v) is 8.38. The van der Waals surface area contributed by atoms with Crippen LogP contribution in [0, 0.1) is 0 Å². The van der Waals surface area contributed by atoms with E-state index in [1.807, 2.05) is 11.8 Å². The lowest BCUT2D eigenvalue weighted by Gasteiger charge is -2.28. The van der Waals surface area contributed by atoms with Crippen LogP contribution in [0.25, 0.3) is 0 Å². The summed E-state index contributed by atoms with van der Waals surface area (Å²) in [5.74, 6) is 1.90. The first-order chi connectivity index (χ1) is 9.83. The second kappa shape index (κ2) is 4.85. The molecule has 2 aliphatic heterocycles. The zero-order valence-corrected chi connectivity index (χ0v) is 12.6. The van der Waals surface area contributed by atoms with Gasteiger partial charge in [-0.1, -0.05) is 36.4 Å². The molecular formula is C18H19NS. The van der Waals surface area contributed by atoms with Gasteiger partial charge in [0.2, 0.25) is 0 Å². The van der Waals surface area contributed by atoms with Gasteiger partial charge in [-0.05, 0) is 36.6 Å². The van der Waals surface area contributed by atoms with E-state index in [2.05, 4.69) is 60.4 Å². The van der Waals surface area contributed by atoms with Gasteiger partial charge >= 0.3 is 0 Å². The van der Waals surface area contributed by atoms with E-state index in [1.165, 1.54) is 28.3 Å². The van der Waals surface area contributed by atoms with Gasteiger partial charge in [-0.2, -0.15) is 0 Å². The van der Waals surface area contributed by atoms with Crippen LogP contribution in [0.15, 0.2) is 53.4 Å². The SMILES string of the molecule is CC1Cc2ccccc2N1CC1CSc2ccccc21. The predicted molar refractivity (Wildman–Crippen MR) is 86.9 cm³/mol. The molecule has 2 heteroatoms. The van der Waals surface area contributed by atoms with Gasteiger partial charge in [-0.25, -0.2) is 0 Å². The van der Waals surface area contributed by atoms with E-state index in [-0.39, 0.29) is 0 Å². The highest BCUT2D eigenvalue weighted by Gasteiger charge is 2.30. The van der Waals surface area contributed by atoms with Gasteiger partial charge in [0, 0.05) is 34.8 Å². The predicted octanol–water partition coefficient (Wildman–Crippen LogP) is 4.33. The molecule has 102 valence electrons. The molecule has 2 unspecified atom stereocenters. The minimum Gasteiger partial charge on any atom is -0.368 e. The Morgan fingerprint density at radius 1 is 1.10 bits per heavy atom. The van der Waals surface area contributed by atoms with Crippen molar-refractivity contribution in [3.8, 4) is 0 Å². The van der Waals surface area contributed by atoms with Crippen molar-refractivity contribution in [2.45, 2.75) is 30.2 Å². The lowest BCUT2D eigenvalue weighted by atomic mass is 10.0. The summed E-state index contributed by atoms with van der Waals surface area (Å²) in [6.45, 7) is 3.51. The number of rotatable bonds is 2. The highest BCUT2D eigenvalue weighted by Crippen LogP contribution is 2.42. The van der Waals surface area contributed by atoms with Crippen molar-refractivity contribution in [1.29, 1.82) is 0 Å². The minimum atomic E-state index is 0.630. The third-order valence-electron chi connectivity index (χ3n) is 4.56. The Morgan fingerprint density at radius 2 is 1.90 bits per heavy atom. The van der Waals surface area contributed by atoms with Crippen LogP contribution in [0.3, 0.4) is 0 Å². The van der Waals surface area contributed by atoms with Crippen LogP contribution in [0.2, 0.25) is 0 Å². The largest absolute Gasteiger partial charge is 0.368 e. The molecule has 20 heavy (non-hydrogen) atoms. The molecule has 0 saturated carbocycles. The third kappa shape index (κ3) is 1.94. The van der Waals surface area contributed by atoms with E-state index >= 15 is 0 Å². The first kappa shape index (κ1) is 12.3. The maximum Gasteiger partial charge on any atom is 0.0402 e. The summed E-state index contributed by atoms with van der Waals surface area (Å²) in [5.41, 5.74) is 4.52. The fraction of sp³-hybridized carbons (Fsp3) is 0.333. The van der Waals surface area contributed by atoms with Crippen molar-refractivity contribution >= 4 is 17.4 Å². The average molecular weight is 281 g/mol. The molecule has 2 heterocycles.